The lowest BCUT2D eigenvalue weighted by Gasteiger charge is -2.32. The Balaban J connectivity index is 1.22. The maximum atomic E-state index is 14.8. The molecule has 0 nitrogen and oxygen atoms in total. The molecule has 0 unspecified atom stereocenters. The predicted octanol–water partition coefficient (Wildman–Crippen LogP) is 10.1. The molecule has 0 aromatic heterocycles. The highest BCUT2D eigenvalue weighted by atomic mass is 19.1. The summed E-state index contributed by atoms with van der Waals surface area (Å²) >= 11 is 0. The van der Waals surface area contributed by atoms with E-state index >= 15 is 0 Å². The molecule has 2 aromatic rings. The molecule has 0 radical (unpaired) electrons. The fourth-order valence-corrected chi connectivity index (χ4v) is 6.64. The summed E-state index contributed by atoms with van der Waals surface area (Å²) in [5.74, 6) is 3.58. The van der Waals surface area contributed by atoms with Gasteiger partial charge in [-0.1, -0.05) is 94.4 Å². The van der Waals surface area contributed by atoms with Crippen molar-refractivity contribution in [2.45, 2.75) is 110 Å². The van der Waals surface area contributed by atoms with Crippen LogP contribution in [0.3, 0.4) is 0 Å². The van der Waals surface area contributed by atoms with Crippen LogP contribution < -0.4 is 0 Å². The van der Waals surface area contributed by atoms with E-state index in [1.807, 2.05) is 12.1 Å². The van der Waals surface area contributed by atoms with Gasteiger partial charge < -0.3 is 0 Å². The lowest BCUT2D eigenvalue weighted by Crippen LogP contribution is -2.17. The second-order valence-electron chi connectivity index (χ2n) is 11.1. The van der Waals surface area contributed by atoms with Crippen molar-refractivity contribution in [3.05, 3.63) is 59.4 Å². The Labute approximate surface area is 202 Å². The molecule has 1 heteroatoms. The molecule has 2 aromatic carbocycles. The van der Waals surface area contributed by atoms with Crippen LogP contribution in [0.15, 0.2) is 42.5 Å². The number of rotatable bonds is 9. The maximum Gasteiger partial charge on any atom is 0.134 e. The number of benzene rings is 2. The largest absolute Gasteiger partial charge is 0.206 e. The van der Waals surface area contributed by atoms with Gasteiger partial charge in [0.2, 0.25) is 0 Å². The molecule has 180 valence electrons. The van der Waals surface area contributed by atoms with Crippen molar-refractivity contribution in [2.75, 3.05) is 0 Å². The third kappa shape index (κ3) is 6.49. The second kappa shape index (κ2) is 12.2. The Kier molecular flexibility index (Phi) is 9.04. The number of fused-ring (bicyclic) bond motifs is 1. The van der Waals surface area contributed by atoms with Gasteiger partial charge in [-0.3, -0.25) is 0 Å². The van der Waals surface area contributed by atoms with Crippen LogP contribution >= 0.6 is 0 Å². The molecule has 0 amide bonds. The number of hydrogen-bond acceptors (Lipinski definition) is 0. The number of allylic oxidation sites excluding steroid dienone is 2. The quantitative estimate of drug-likeness (QED) is 0.335. The topological polar surface area (TPSA) is 0 Å². The summed E-state index contributed by atoms with van der Waals surface area (Å²) in [4.78, 5) is 0. The number of aryl methyl sites for hydroxylation is 1. The summed E-state index contributed by atoms with van der Waals surface area (Å²) < 4.78 is 14.8. The Bertz CT molecular complexity index is 894. The summed E-state index contributed by atoms with van der Waals surface area (Å²) in [6.45, 7) is 4.25. The molecular weight excluding hydrogens is 403 g/mol. The average Bonchev–Trinajstić information content (AvgIpc) is 2.86. The molecular formula is C32H45F. The lowest BCUT2D eigenvalue weighted by atomic mass is 9.74. The average molecular weight is 449 g/mol. The van der Waals surface area contributed by atoms with Crippen LogP contribution in [-0.2, 0) is 6.42 Å². The van der Waals surface area contributed by atoms with E-state index < -0.39 is 0 Å². The van der Waals surface area contributed by atoms with Gasteiger partial charge in [-0.25, -0.2) is 4.39 Å². The highest BCUT2D eigenvalue weighted by molar-refractivity contribution is 5.84. The van der Waals surface area contributed by atoms with Crippen molar-refractivity contribution in [3.63, 3.8) is 0 Å². The van der Waals surface area contributed by atoms with Gasteiger partial charge in [0, 0.05) is 5.39 Å². The first kappa shape index (κ1) is 24.5. The molecule has 0 spiro atoms. The number of halogens is 1. The molecule has 2 saturated carbocycles. The van der Waals surface area contributed by atoms with Crippen molar-refractivity contribution in [2.24, 2.45) is 17.8 Å². The van der Waals surface area contributed by atoms with Crippen molar-refractivity contribution in [3.8, 4) is 0 Å². The van der Waals surface area contributed by atoms with E-state index in [9.17, 15) is 4.39 Å². The van der Waals surface area contributed by atoms with Crippen LogP contribution in [0.2, 0.25) is 0 Å². The molecule has 0 bridgehead atoms. The smallest absolute Gasteiger partial charge is 0.134 e. The summed E-state index contributed by atoms with van der Waals surface area (Å²) in [6.07, 6.45) is 23.2. The zero-order valence-corrected chi connectivity index (χ0v) is 21.1. The summed E-state index contributed by atoms with van der Waals surface area (Å²) in [5, 5.41) is 1.88. The van der Waals surface area contributed by atoms with Crippen LogP contribution in [0.5, 0.6) is 0 Å². The van der Waals surface area contributed by atoms with E-state index in [-0.39, 0.29) is 5.82 Å². The first-order valence-corrected chi connectivity index (χ1v) is 14.0. The van der Waals surface area contributed by atoms with Gasteiger partial charge in [0.1, 0.15) is 5.82 Å². The van der Waals surface area contributed by atoms with Gasteiger partial charge in [-0.05, 0) is 92.1 Å². The van der Waals surface area contributed by atoms with Gasteiger partial charge in [0.15, 0.2) is 0 Å². The van der Waals surface area contributed by atoms with Gasteiger partial charge in [-0.15, -0.1) is 0 Å². The minimum absolute atomic E-state index is 0.00330. The highest BCUT2D eigenvalue weighted by Gasteiger charge is 2.25. The molecule has 4 rings (SSSR count). The lowest BCUT2D eigenvalue weighted by molar-refractivity contribution is 0.225. The monoisotopic (exact) mass is 448 g/mol. The van der Waals surface area contributed by atoms with E-state index in [0.29, 0.717) is 5.92 Å². The molecule has 2 fully saturated rings. The molecule has 0 aliphatic heterocycles. The maximum absolute atomic E-state index is 14.8. The fourth-order valence-electron chi connectivity index (χ4n) is 6.64. The predicted molar refractivity (Wildman–Crippen MR) is 141 cm³/mol. The molecule has 0 heterocycles. The van der Waals surface area contributed by atoms with Crippen molar-refractivity contribution >= 4 is 10.8 Å². The first-order valence-electron chi connectivity index (χ1n) is 14.0. The molecule has 2 aliphatic carbocycles. The highest BCUT2D eigenvalue weighted by Crippen LogP contribution is 2.41. The van der Waals surface area contributed by atoms with Crippen LogP contribution in [0, 0.1) is 23.6 Å². The van der Waals surface area contributed by atoms with Crippen LogP contribution in [0.4, 0.5) is 4.39 Å². The van der Waals surface area contributed by atoms with E-state index in [1.165, 1.54) is 82.6 Å². The number of hydrogen-bond donors (Lipinski definition) is 0. The minimum Gasteiger partial charge on any atom is -0.206 e. The van der Waals surface area contributed by atoms with E-state index in [0.717, 1.165) is 46.9 Å². The van der Waals surface area contributed by atoms with Crippen LogP contribution in [-0.4, -0.2) is 0 Å². The van der Waals surface area contributed by atoms with E-state index in [2.05, 4.69) is 44.2 Å². The van der Waals surface area contributed by atoms with Crippen molar-refractivity contribution in [1.82, 2.24) is 0 Å². The summed E-state index contributed by atoms with van der Waals surface area (Å²) in [7, 11) is 0. The summed E-state index contributed by atoms with van der Waals surface area (Å²) in [6, 6.07) is 10.7. The van der Waals surface area contributed by atoms with Crippen LogP contribution in [0.1, 0.15) is 114 Å². The minimum atomic E-state index is -0.00330. The molecule has 0 atom stereocenters. The van der Waals surface area contributed by atoms with Crippen molar-refractivity contribution < 1.29 is 4.39 Å². The SMILES string of the molecule is C/C=C/CCC1CCC(CCC2CCC(c3ccc4c(F)c(CCC)ccc4c3)CC2)CC1. The van der Waals surface area contributed by atoms with Gasteiger partial charge in [0.25, 0.3) is 0 Å². The standard InChI is InChI=1S/C32H45F/c1-3-5-6-8-24-9-11-25(12-10-24)13-14-26-15-17-27(18-16-26)29-21-22-31-30(23-29)20-19-28(7-4-2)32(31)33/h3,5,19-27H,4,6-18H2,1-2H3/b5-3+. The molecule has 0 N–H and O–H groups in total. The van der Waals surface area contributed by atoms with E-state index in [4.69, 9.17) is 0 Å². The normalized spacial score (nSPS) is 26.3. The Hall–Kier alpha value is -1.63. The first-order chi connectivity index (χ1) is 16.2. The summed E-state index contributed by atoms with van der Waals surface area (Å²) in [5.41, 5.74) is 2.29. The van der Waals surface area contributed by atoms with E-state index in [1.54, 1.807) is 0 Å². The molecule has 33 heavy (non-hydrogen) atoms. The van der Waals surface area contributed by atoms with Crippen molar-refractivity contribution in [1.29, 1.82) is 0 Å². The van der Waals surface area contributed by atoms with Gasteiger partial charge in [0.05, 0.1) is 0 Å². The molecule has 2 aliphatic rings. The third-order valence-corrected chi connectivity index (χ3v) is 8.82. The third-order valence-electron chi connectivity index (χ3n) is 8.82. The zero-order chi connectivity index (χ0) is 23.0. The second-order valence-corrected chi connectivity index (χ2v) is 11.1. The Morgan fingerprint density at radius 3 is 2.09 bits per heavy atom. The van der Waals surface area contributed by atoms with Gasteiger partial charge in [-0.2, -0.15) is 0 Å². The zero-order valence-electron chi connectivity index (χ0n) is 21.1. The fraction of sp³-hybridized carbons (Fsp3) is 0.625. The Morgan fingerprint density at radius 2 is 1.45 bits per heavy atom. The molecule has 0 saturated heterocycles. The van der Waals surface area contributed by atoms with Gasteiger partial charge >= 0.3 is 0 Å². The van der Waals surface area contributed by atoms with Crippen LogP contribution in [0.25, 0.3) is 10.8 Å². The Morgan fingerprint density at radius 1 is 0.818 bits per heavy atom.